The van der Waals surface area contributed by atoms with E-state index in [-0.39, 0.29) is 5.92 Å². The number of rotatable bonds is 5. The third-order valence-corrected chi connectivity index (χ3v) is 4.19. The molecule has 6 nitrogen and oxygen atoms in total. The van der Waals surface area contributed by atoms with Gasteiger partial charge in [0.25, 0.3) is 0 Å². The van der Waals surface area contributed by atoms with E-state index in [4.69, 9.17) is 0 Å². The fraction of sp³-hybridized carbons (Fsp3) is 0.429. The predicted octanol–water partition coefficient (Wildman–Crippen LogP) is 2.09. The lowest BCUT2D eigenvalue weighted by molar-refractivity contribution is -0.112. The molecule has 0 bridgehead atoms. The van der Waals surface area contributed by atoms with Crippen LogP contribution in [-0.2, 0) is 11.3 Å². The monoisotopic (exact) mass is 303 g/mol. The van der Waals surface area contributed by atoms with Crippen molar-refractivity contribution in [1.29, 1.82) is 0 Å². The third kappa shape index (κ3) is 3.83. The average Bonchev–Trinajstić information content (AvgIpc) is 3.01. The molecule has 1 fully saturated rings. The van der Waals surface area contributed by atoms with Gasteiger partial charge in [-0.15, -0.1) is 0 Å². The smallest absolute Gasteiger partial charge is 0.207 e. The van der Waals surface area contributed by atoms with Gasteiger partial charge >= 0.3 is 0 Å². The number of hydrogen-bond acceptors (Lipinski definition) is 7. The van der Waals surface area contributed by atoms with Gasteiger partial charge in [0.15, 0.2) is 0 Å². The highest BCUT2D eigenvalue weighted by atomic mass is 32.1. The largest absolute Gasteiger partial charge is 0.315 e. The lowest BCUT2D eigenvalue weighted by atomic mass is 9.98. The fourth-order valence-corrected chi connectivity index (χ4v) is 2.89. The number of aromatic nitrogens is 3. The standard InChI is InChI=1S/C14H17N5OS/c20-9-11-4-6-19(7-5-11)8-12-2-1-3-13(17-12)18-14-15-10-16-21-14/h1-3,9-11H,4-8H2,(H,15,16,17,18). The first-order chi connectivity index (χ1) is 10.3. The zero-order valence-corrected chi connectivity index (χ0v) is 12.4. The maximum atomic E-state index is 10.8. The summed E-state index contributed by atoms with van der Waals surface area (Å²) in [5.41, 5.74) is 1.02. The topological polar surface area (TPSA) is 71.0 Å². The van der Waals surface area contributed by atoms with Crippen molar-refractivity contribution < 1.29 is 4.79 Å². The van der Waals surface area contributed by atoms with Crippen LogP contribution in [0.25, 0.3) is 0 Å². The second-order valence-corrected chi connectivity index (χ2v) is 5.92. The molecule has 7 heteroatoms. The number of pyridine rings is 1. The third-order valence-electron chi connectivity index (χ3n) is 3.61. The molecule has 3 rings (SSSR count). The Morgan fingerprint density at radius 1 is 1.38 bits per heavy atom. The number of likely N-dealkylation sites (tertiary alicyclic amines) is 1. The van der Waals surface area contributed by atoms with Crippen molar-refractivity contribution in [3.63, 3.8) is 0 Å². The van der Waals surface area contributed by atoms with Gasteiger partial charge in [-0.25, -0.2) is 9.97 Å². The van der Waals surface area contributed by atoms with E-state index >= 15 is 0 Å². The SMILES string of the molecule is O=CC1CCN(Cc2cccc(Nc3ncns3)n2)CC1. The first kappa shape index (κ1) is 14.1. The molecule has 21 heavy (non-hydrogen) atoms. The second-order valence-electron chi connectivity index (χ2n) is 5.14. The predicted molar refractivity (Wildman–Crippen MR) is 81.5 cm³/mol. The van der Waals surface area contributed by atoms with Crippen molar-refractivity contribution in [3.8, 4) is 0 Å². The molecule has 110 valence electrons. The lowest BCUT2D eigenvalue weighted by Crippen LogP contribution is -2.33. The summed E-state index contributed by atoms with van der Waals surface area (Å²) >= 11 is 1.31. The number of hydrogen-bond donors (Lipinski definition) is 1. The molecule has 1 aliphatic rings. The minimum Gasteiger partial charge on any atom is -0.315 e. The molecule has 1 aliphatic heterocycles. The summed E-state index contributed by atoms with van der Waals surface area (Å²) in [5.74, 6) is 1.02. The molecule has 2 aromatic heterocycles. The van der Waals surface area contributed by atoms with Crippen molar-refractivity contribution in [3.05, 3.63) is 30.2 Å². The van der Waals surface area contributed by atoms with Crippen LogP contribution in [0.3, 0.4) is 0 Å². The van der Waals surface area contributed by atoms with Crippen LogP contribution in [-0.4, -0.2) is 38.6 Å². The summed E-state index contributed by atoms with van der Waals surface area (Å²) in [7, 11) is 0. The van der Waals surface area contributed by atoms with E-state index in [2.05, 4.69) is 24.6 Å². The highest BCUT2D eigenvalue weighted by molar-refractivity contribution is 7.09. The normalized spacial score (nSPS) is 16.8. The van der Waals surface area contributed by atoms with Crippen LogP contribution in [0.2, 0.25) is 0 Å². The number of anilines is 2. The second kappa shape index (κ2) is 6.73. The van der Waals surface area contributed by atoms with Crippen molar-refractivity contribution in [1.82, 2.24) is 19.2 Å². The molecule has 1 N–H and O–H groups in total. The van der Waals surface area contributed by atoms with E-state index in [1.807, 2.05) is 18.2 Å². The Kier molecular flexibility index (Phi) is 4.52. The van der Waals surface area contributed by atoms with E-state index in [0.29, 0.717) is 0 Å². The summed E-state index contributed by atoms with van der Waals surface area (Å²) in [6.07, 6.45) is 4.51. The van der Waals surface area contributed by atoms with Crippen LogP contribution in [0.5, 0.6) is 0 Å². The molecule has 0 spiro atoms. The van der Waals surface area contributed by atoms with Gasteiger partial charge in [-0.2, -0.15) is 4.37 Å². The molecule has 0 radical (unpaired) electrons. The molecular weight excluding hydrogens is 286 g/mol. The van der Waals surface area contributed by atoms with Gasteiger partial charge in [0, 0.05) is 24.0 Å². The zero-order chi connectivity index (χ0) is 14.5. The van der Waals surface area contributed by atoms with Crippen molar-refractivity contribution in [2.24, 2.45) is 5.92 Å². The number of nitrogens with one attached hydrogen (secondary N) is 1. The molecule has 0 amide bonds. The van der Waals surface area contributed by atoms with E-state index in [1.54, 1.807) is 0 Å². The van der Waals surface area contributed by atoms with Gasteiger partial charge in [0.2, 0.25) is 5.13 Å². The van der Waals surface area contributed by atoms with Crippen LogP contribution >= 0.6 is 11.5 Å². The van der Waals surface area contributed by atoms with Gasteiger partial charge in [0.05, 0.1) is 5.69 Å². The molecule has 3 heterocycles. The minimum atomic E-state index is 0.236. The molecule has 2 aromatic rings. The zero-order valence-electron chi connectivity index (χ0n) is 11.6. The van der Waals surface area contributed by atoms with Crippen LogP contribution in [0.4, 0.5) is 10.9 Å². The first-order valence-electron chi connectivity index (χ1n) is 7.01. The Morgan fingerprint density at radius 2 is 2.24 bits per heavy atom. The van der Waals surface area contributed by atoms with Crippen LogP contribution < -0.4 is 5.32 Å². The van der Waals surface area contributed by atoms with Gasteiger partial charge in [-0.3, -0.25) is 4.90 Å². The molecule has 0 atom stereocenters. The lowest BCUT2D eigenvalue weighted by Gasteiger charge is -2.29. The van der Waals surface area contributed by atoms with Crippen LogP contribution in [0.1, 0.15) is 18.5 Å². The highest BCUT2D eigenvalue weighted by Crippen LogP contribution is 2.18. The van der Waals surface area contributed by atoms with Gasteiger partial charge in [0.1, 0.15) is 18.4 Å². The van der Waals surface area contributed by atoms with Gasteiger partial charge in [-0.05, 0) is 38.1 Å². The van der Waals surface area contributed by atoms with Crippen molar-refractivity contribution in [2.45, 2.75) is 19.4 Å². The van der Waals surface area contributed by atoms with E-state index in [9.17, 15) is 4.79 Å². The highest BCUT2D eigenvalue weighted by Gasteiger charge is 2.18. The Morgan fingerprint density at radius 3 is 2.95 bits per heavy atom. The number of piperidine rings is 1. The summed E-state index contributed by atoms with van der Waals surface area (Å²) in [6.45, 7) is 2.73. The van der Waals surface area contributed by atoms with Gasteiger partial charge in [-0.1, -0.05) is 6.07 Å². The molecule has 0 aliphatic carbocycles. The first-order valence-corrected chi connectivity index (χ1v) is 7.78. The van der Waals surface area contributed by atoms with E-state index in [1.165, 1.54) is 17.9 Å². The maximum Gasteiger partial charge on any atom is 0.207 e. The van der Waals surface area contributed by atoms with E-state index < -0.39 is 0 Å². The summed E-state index contributed by atoms with van der Waals surface area (Å²) < 4.78 is 3.95. The molecule has 0 unspecified atom stereocenters. The summed E-state index contributed by atoms with van der Waals surface area (Å²) in [6, 6.07) is 5.94. The Labute approximate surface area is 127 Å². The summed E-state index contributed by atoms with van der Waals surface area (Å²) in [5, 5.41) is 3.89. The van der Waals surface area contributed by atoms with Crippen molar-refractivity contribution in [2.75, 3.05) is 18.4 Å². The Bertz CT molecular complexity index is 581. The fourth-order valence-electron chi connectivity index (χ4n) is 2.45. The molecule has 0 saturated carbocycles. The molecule has 1 saturated heterocycles. The summed E-state index contributed by atoms with van der Waals surface area (Å²) in [4.78, 5) is 21.8. The van der Waals surface area contributed by atoms with Gasteiger partial charge < -0.3 is 10.1 Å². The molecule has 0 aromatic carbocycles. The molecular formula is C14H17N5OS. The number of carbonyl (C=O) groups excluding carboxylic acids is 1. The minimum absolute atomic E-state index is 0.236. The maximum absolute atomic E-state index is 10.8. The van der Waals surface area contributed by atoms with Crippen LogP contribution in [0, 0.1) is 5.92 Å². The van der Waals surface area contributed by atoms with Crippen molar-refractivity contribution >= 4 is 28.8 Å². The van der Waals surface area contributed by atoms with Crippen LogP contribution in [0.15, 0.2) is 24.5 Å². The average molecular weight is 303 g/mol. The Hall–Kier alpha value is -1.86. The Balaban J connectivity index is 1.60. The number of nitrogens with zero attached hydrogens (tertiary/aromatic N) is 4. The van der Waals surface area contributed by atoms with E-state index in [0.717, 1.165) is 55.4 Å². The quantitative estimate of drug-likeness (QED) is 0.853. The number of aldehydes is 1. The number of carbonyl (C=O) groups is 1.